The SMILES string of the molecule is [C-]#[N+]c1ccc(Oc2ccc(OC(C)C(=O)OCCCC)cc2)c(F)c1. The van der Waals surface area contributed by atoms with E-state index in [9.17, 15) is 9.18 Å². The molecule has 0 aliphatic carbocycles. The average molecular weight is 357 g/mol. The lowest BCUT2D eigenvalue weighted by Crippen LogP contribution is -2.26. The number of unbranched alkanes of at least 4 members (excludes halogenated alkanes) is 1. The van der Waals surface area contributed by atoms with Gasteiger partial charge in [-0.1, -0.05) is 19.4 Å². The van der Waals surface area contributed by atoms with E-state index in [4.69, 9.17) is 20.8 Å². The summed E-state index contributed by atoms with van der Waals surface area (Å²) in [4.78, 5) is 14.9. The first kappa shape index (κ1) is 19.3. The van der Waals surface area contributed by atoms with Gasteiger partial charge < -0.3 is 14.2 Å². The third-order valence-corrected chi connectivity index (χ3v) is 3.48. The van der Waals surface area contributed by atoms with E-state index in [2.05, 4.69) is 4.85 Å². The Bertz CT molecular complexity index is 783. The molecule has 2 aromatic carbocycles. The van der Waals surface area contributed by atoms with Crippen molar-refractivity contribution in [2.45, 2.75) is 32.8 Å². The van der Waals surface area contributed by atoms with E-state index in [0.717, 1.165) is 18.9 Å². The fraction of sp³-hybridized carbons (Fsp3) is 0.300. The van der Waals surface area contributed by atoms with Crippen molar-refractivity contribution in [1.82, 2.24) is 0 Å². The zero-order chi connectivity index (χ0) is 18.9. The lowest BCUT2D eigenvalue weighted by molar-refractivity contribution is -0.151. The molecular formula is C20H20FNO4. The average Bonchev–Trinajstić information content (AvgIpc) is 2.65. The Kier molecular flexibility index (Phi) is 6.98. The van der Waals surface area contributed by atoms with Crippen LogP contribution in [0.2, 0.25) is 0 Å². The van der Waals surface area contributed by atoms with Crippen LogP contribution in [0.4, 0.5) is 10.1 Å². The van der Waals surface area contributed by atoms with Gasteiger partial charge in [0.1, 0.15) is 11.5 Å². The summed E-state index contributed by atoms with van der Waals surface area (Å²) in [6.07, 6.45) is 1.04. The van der Waals surface area contributed by atoms with Gasteiger partial charge in [0.25, 0.3) is 0 Å². The maximum atomic E-state index is 13.8. The third kappa shape index (κ3) is 5.49. The minimum absolute atomic E-state index is 0.0268. The molecule has 0 radical (unpaired) electrons. The number of carbonyl (C=O) groups is 1. The normalized spacial score (nSPS) is 11.3. The molecule has 0 spiro atoms. The van der Waals surface area contributed by atoms with Crippen molar-refractivity contribution in [2.75, 3.05) is 6.61 Å². The second-order valence-corrected chi connectivity index (χ2v) is 5.58. The van der Waals surface area contributed by atoms with Gasteiger partial charge in [0.15, 0.2) is 23.4 Å². The fourth-order valence-corrected chi connectivity index (χ4v) is 2.04. The largest absolute Gasteiger partial charge is 0.479 e. The second kappa shape index (κ2) is 9.42. The Morgan fingerprint density at radius 3 is 2.50 bits per heavy atom. The molecule has 136 valence electrons. The molecule has 2 aromatic rings. The predicted molar refractivity (Wildman–Crippen MR) is 95.1 cm³/mol. The zero-order valence-corrected chi connectivity index (χ0v) is 14.7. The zero-order valence-electron chi connectivity index (χ0n) is 14.7. The molecule has 26 heavy (non-hydrogen) atoms. The number of benzene rings is 2. The predicted octanol–water partition coefficient (Wildman–Crippen LogP) is 5.28. The molecule has 1 unspecified atom stereocenters. The summed E-state index contributed by atoms with van der Waals surface area (Å²) in [5.74, 6) is -0.118. The maximum absolute atomic E-state index is 13.8. The van der Waals surface area contributed by atoms with Gasteiger partial charge in [0.05, 0.1) is 13.2 Å². The molecule has 1 atom stereocenters. The molecule has 0 heterocycles. The first-order chi connectivity index (χ1) is 12.5. The van der Waals surface area contributed by atoms with Crippen molar-refractivity contribution < 1.29 is 23.4 Å². The highest BCUT2D eigenvalue weighted by Gasteiger charge is 2.16. The number of nitrogens with zero attached hydrogens (tertiary/aromatic N) is 1. The quantitative estimate of drug-likeness (QED) is 0.366. The van der Waals surface area contributed by atoms with E-state index in [1.165, 1.54) is 12.1 Å². The highest BCUT2D eigenvalue weighted by molar-refractivity contribution is 5.74. The molecule has 0 aliphatic rings. The van der Waals surface area contributed by atoms with Crippen LogP contribution in [0.1, 0.15) is 26.7 Å². The summed E-state index contributed by atoms with van der Waals surface area (Å²) in [7, 11) is 0. The molecule has 0 amide bonds. The molecular weight excluding hydrogens is 337 g/mol. The Hall–Kier alpha value is -3.07. The van der Waals surface area contributed by atoms with Crippen LogP contribution in [0.5, 0.6) is 17.2 Å². The number of hydrogen-bond donors (Lipinski definition) is 0. The van der Waals surface area contributed by atoms with Crippen molar-refractivity contribution >= 4 is 11.7 Å². The van der Waals surface area contributed by atoms with Crippen molar-refractivity contribution in [1.29, 1.82) is 0 Å². The lowest BCUT2D eigenvalue weighted by Gasteiger charge is -2.14. The second-order valence-electron chi connectivity index (χ2n) is 5.58. The van der Waals surface area contributed by atoms with E-state index in [-0.39, 0.29) is 11.4 Å². The van der Waals surface area contributed by atoms with Crippen LogP contribution < -0.4 is 9.47 Å². The van der Waals surface area contributed by atoms with Crippen molar-refractivity contribution in [3.05, 3.63) is 59.7 Å². The van der Waals surface area contributed by atoms with Crippen LogP contribution in [0.25, 0.3) is 4.85 Å². The van der Waals surface area contributed by atoms with Crippen molar-refractivity contribution in [3.63, 3.8) is 0 Å². The Morgan fingerprint density at radius 2 is 1.88 bits per heavy atom. The van der Waals surface area contributed by atoms with Gasteiger partial charge in [-0.3, -0.25) is 0 Å². The first-order valence-electron chi connectivity index (χ1n) is 8.31. The van der Waals surface area contributed by atoms with Crippen LogP contribution in [-0.4, -0.2) is 18.7 Å². The number of esters is 1. The molecule has 0 N–H and O–H groups in total. The topological polar surface area (TPSA) is 49.1 Å². The van der Waals surface area contributed by atoms with Crippen LogP contribution >= 0.6 is 0 Å². The summed E-state index contributed by atoms with van der Waals surface area (Å²) in [5, 5.41) is 0. The Labute approximate surface area is 152 Å². The molecule has 0 saturated carbocycles. The summed E-state index contributed by atoms with van der Waals surface area (Å²) >= 11 is 0. The van der Waals surface area contributed by atoms with E-state index in [1.807, 2.05) is 6.92 Å². The van der Waals surface area contributed by atoms with Crippen LogP contribution in [0.3, 0.4) is 0 Å². The third-order valence-electron chi connectivity index (χ3n) is 3.48. The maximum Gasteiger partial charge on any atom is 0.347 e. The van der Waals surface area contributed by atoms with E-state index in [1.54, 1.807) is 31.2 Å². The van der Waals surface area contributed by atoms with Crippen LogP contribution in [0, 0.1) is 12.4 Å². The van der Waals surface area contributed by atoms with Crippen LogP contribution in [0.15, 0.2) is 42.5 Å². The lowest BCUT2D eigenvalue weighted by atomic mass is 10.3. The fourth-order valence-electron chi connectivity index (χ4n) is 2.04. The summed E-state index contributed by atoms with van der Waals surface area (Å²) in [5.41, 5.74) is 0.207. The van der Waals surface area contributed by atoms with E-state index in [0.29, 0.717) is 18.1 Å². The smallest absolute Gasteiger partial charge is 0.347 e. The van der Waals surface area contributed by atoms with Gasteiger partial charge in [-0.2, -0.15) is 0 Å². The monoisotopic (exact) mass is 357 g/mol. The summed E-state index contributed by atoms with van der Waals surface area (Å²) < 4.78 is 29.9. The Balaban J connectivity index is 1.94. The minimum atomic E-state index is -0.725. The summed E-state index contributed by atoms with van der Waals surface area (Å²) in [6, 6.07) is 10.5. The minimum Gasteiger partial charge on any atom is -0.479 e. The molecule has 2 rings (SSSR count). The van der Waals surface area contributed by atoms with Gasteiger partial charge in [-0.25, -0.2) is 14.0 Å². The number of ether oxygens (including phenoxy) is 3. The molecule has 5 nitrogen and oxygen atoms in total. The number of carbonyl (C=O) groups excluding carboxylic acids is 1. The van der Waals surface area contributed by atoms with Gasteiger partial charge in [-0.05, 0) is 49.7 Å². The van der Waals surface area contributed by atoms with Gasteiger partial charge >= 0.3 is 5.97 Å². The highest BCUT2D eigenvalue weighted by atomic mass is 19.1. The highest BCUT2D eigenvalue weighted by Crippen LogP contribution is 2.29. The number of rotatable bonds is 8. The van der Waals surface area contributed by atoms with Crippen LogP contribution in [-0.2, 0) is 9.53 Å². The molecule has 0 bridgehead atoms. The van der Waals surface area contributed by atoms with E-state index >= 15 is 0 Å². The Morgan fingerprint density at radius 1 is 1.19 bits per heavy atom. The van der Waals surface area contributed by atoms with Gasteiger partial charge in [0, 0.05) is 0 Å². The first-order valence-corrected chi connectivity index (χ1v) is 8.31. The number of hydrogen-bond acceptors (Lipinski definition) is 4. The molecule has 6 heteroatoms. The van der Waals surface area contributed by atoms with Crippen molar-refractivity contribution in [2.24, 2.45) is 0 Å². The molecule has 0 aromatic heterocycles. The standard InChI is InChI=1S/C20H20FNO4/c1-4-5-12-24-20(23)14(2)25-16-7-9-17(10-8-16)26-19-11-6-15(22-3)13-18(19)21/h6-11,13-14H,4-5,12H2,1-2H3. The van der Waals surface area contributed by atoms with Crippen molar-refractivity contribution in [3.8, 4) is 17.2 Å². The molecule has 0 saturated heterocycles. The number of halogens is 1. The van der Waals surface area contributed by atoms with E-state index < -0.39 is 17.9 Å². The molecule has 0 aliphatic heterocycles. The van der Waals surface area contributed by atoms with Gasteiger partial charge in [-0.15, -0.1) is 0 Å². The van der Waals surface area contributed by atoms with Gasteiger partial charge in [0.2, 0.25) is 0 Å². The molecule has 0 fully saturated rings. The summed E-state index contributed by atoms with van der Waals surface area (Å²) in [6.45, 7) is 10.9.